The number of carboxylic acid groups (broad SMARTS) is 1. The van der Waals surface area contributed by atoms with Gasteiger partial charge in [0.25, 0.3) is 0 Å². The van der Waals surface area contributed by atoms with Crippen LogP contribution in [0.1, 0.15) is 33.1 Å². The highest BCUT2D eigenvalue weighted by Crippen LogP contribution is 2.19. The van der Waals surface area contributed by atoms with Crippen molar-refractivity contribution in [2.24, 2.45) is 11.8 Å². The third-order valence-electron chi connectivity index (χ3n) is 3.55. The van der Waals surface area contributed by atoms with Crippen molar-refractivity contribution >= 4 is 21.9 Å². The molecule has 2 atom stereocenters. The molecule has 8 heteroatoms. The van der Waals surface area contributed by atoms with Crippen LogP contribution >= 0.6 is 0 Å². The van der Waals surface area contributed by atoms with E-state index in [9.17, 15) is 18.0 Å². The Labute approximate surface area is 125 Å². The lowest BCUT2D eigenvalue weighted by molar-refractivity contribution is -0.143. The Kier molecular flexibility index (Phi) is 6.15. The Morgan fingerprint density at radius 1 is 1.38 bits per heavy atom. The van der Waals surface area contributed by atoms with Crippen molar-refractivity contribution in [3.05, 3.63) is 0 Å². The van der Waals surface area contributed by atoms with Crippen LogP contribution in [0.3, 0.4) is 0 Å². The first kappa shape index (κ1) is 17.9. The average molecular weight is 320 g/mol. The predicted octanol–water partition coefficient (Wildman–Crippen LogP) is 0.274. The van der Waals surface area contributed by atoms with E-state index >= 15 is 0 Å². The van der Waals surface area contributed by atoms with Crippen LogP contribution in [-0.2, 0) is 19.6 Å². The second-order valence-corrected chi connectivity index (χ2v) is 7.97. The first-order valence-corrected chi connectivity index (χ1v) is 8.94. The summed E-state index contributed by atoms with van der Waals surface area (Å²) in [6, 6.07) is -0.925. The van der Waals surface area contributed by atoms with E-state index in [1.807, 2.05) is 13.8 Å². The van der Waals surface area contributed by atoms with Crippen LogP contribution in [0.15, 0.2) is 0 Å². The van der Waals surface area contributed by atoms with Crippen molar-refractivity contribution in [3.8, 4) is 0 Å². The molecule has 1 saturated heterocycles. The van der Waals surface area contributed by atoms with E-state index in [1.165, 1.54) is 4.31 Å². The highest BCUT2D eigenvalue weighted by molar-refractivity contribution is 7.88. The number of aliphatic carboxylic acids is 1. The highest BCUT2D eigenvalue weighted by Gasteiger charge is 2.32. The van der Waals surface area contributed by atoms with Crippen LogP contribution in [0.2, 0.25) is 0 Å². The number of hydrogen-bond acceptors (Lipinski definition) is 4. The van der Waals surface area contributed by atoms with Crippen LogP contribution in [0, 0.1) is 11.8 Å². The van der Waals surface area contributed by atoms with Crippen molar-refractivity contribution in [2.75, 3.05) is 19.3 Å². The van der Waals surface area contributed by atoms with Gasteiger partial charge in [0, 0.05) is 13.1 Å². The van der Waals surface area contributed by atoms with E-state index in [2.05, 4.69) is 5.32 Å². The molecule has 1 aliphatic heterocycles. The zero-order chi connectivity index (χ0) is 16.2. The maximum atomic E-state index is 12.2. The predicted molar refractivity (Wildman–Crippen MR) is 78.2 cm³/mol. The lowest BCUT2D eigenvalue weighted by atomic mass is 9.97. The van der Waals surface area contributed by atoms with Crippen LogP contribution in [0.25, 0.3) is 0 Å². The minimum absolute atomic E-state index is 0.124. The Morgan fingerprint density at radius 3 is 2.48 bits per heavy atom. The summed E-state index contributed by atoms with van der Waals surface area (Å²) < 4.78 is 24.3. The fraction of sp³-hybridized carbons (Fsp3) is 0.846. The van der Waals surface area contributed by atoms with Crippen LogP contribution in [0.4, 0.5) is 0 Å². The van der Waals surface area contributed by atoms with Crippen molar-refractivity contribution in [1.82, 2.24) is 9.62 Å². The molecule has 2 N–H and O–H groups in total. The standard InChI is InChI=1S/C13H24N2O5S/c1-9(2)7-11(13(17)18)14-12(16)10-5-4-6-15(8-10)21(3,19)20/h9-11H,4-8H2,1-3H3,(H,14,16)(H,17,18). The number of carboxylic acids is 1. The SMILES string of the molecule is CC(C)CC(NC(=O)C1CCCN(S(C)(=O)=O)C1)C(=O)O. The highest BCUT2D eigenvalue weighted by atomic mass is 32.2. The minimum atomic E-state index is -3.32. The van der Waals surface area contributed by atoms with Gasteiger partial charge in [-0.1, -0.05) is 13.8 Å². The first-order chi connectivity index (χ1) is 9.61. The maximum Gasteiger partial charge on any atom is 0.326 e. The van der Waals surface area contributed by atoms with Gasteiger partial charge in [-0.05, 0) is 25.2 Å². The second kappa shape index (κ2) is 7.22. The zero-order valence-electron chi connectivity index (χ0n) is 12.7. The molecular formula is C13H24N2O5S. The number of hydrogen-bond donors (Lipinski definition) is 2. The van der Waals surface area contributed by atoms with Gasteiger partial charge in [0.1, 0.15) is 6.04 Å². The summed E-state index contributed by atoms with van der Waals surface area (Å²) in [6.07, 6.45) is 2.65. The molecule has 1 fully saturated rings. The van der Waals surface area contributed by atoms with Gasteiger partial charge in [0.2, 0.25) is 15.9 Å². The van der Waals surface area contributed by atoms with E-state index in [0.717, 1.165) is 6.26 Å². The lowest BCUT2D eigenvalue weighted by Gasteiger charge is -2.31. The topological polar surface area (TPSA) is 104 Å². The number of amides is 1. The molecule has 1 rings (SSSR count). The van der Waals surface area contributed by atoms with Crippen molar-refractivity contribution in [3.63, 3.8) is 0 Å². The normalized spacial score (nSPS) is 22.0. The third-order valence-corrected chi connectivity index (χ3v) is 4.82. The molecule has 0 aromatic rings. The van der Waals surface area contributed by atoms with Gasteiger partial charge in [-0.3, -0.25) is 4.79 Å². The third kappa shape index (κ3) is 5.62. The number of sulfonamides is 1. The van der Waals surface area contributed by atoms with Gasteiger partial charge in [-0.2, -0.15) is 0 Å². The number of piperidine rings is 1. The summed E-state index contributed by atoms with van der Waals surface area (Å²) in [5.41, 5.74) is 0. The van der Waals surface area contributed by atoms with E-state index in [1.54, 1.807) is 0 Å². The van der Waals surface area contributed by atoms with Crippen molar-refractivity contribution in [2.45, 2.75) is 39.2 Å². The average Bonchev–Trinajstić information content (AvgIpc) is 2.36. The number of nitrogens with zero attached hydrogens (tertiary/aromatic N) is 1. The van der Waals surface area contributed by atoms with Gasteiger partial charge in [-0.15, -0.1) is 0 Å². The van der Waals surface area contributed by atoms with E-state index < -0.39 is 28.0 Å². The molecule has 1 amide bonds. The number of carbonyl (C=O) groups excluding carboxylic acids is 1. The molecule has 0 aromatic heterocycles. The molecule has 2 unspecified atom stereocenters. The van der Waals surface area contributed by atoms with Gasteiger partial charge >= 0.3 is 5.97 Å². The largest absolute Gasteiger partial charge is 0.480 e. The molecule has 1 heterocycles. The summed E-state index contributed by atoms with van der Waals surface area (Å²) in [5, 5.41) is 11.7. The Hall–Kier alpha value is -1.15. The van der Waals surface area contributed by atoms with Gasteiger partial charge in [0.15, 0.2) is 0 Å². The molecular weight excluding hydrogens is 296 g/mol. The fourth-order valence-electron chi connectivity index (χ4n) is 2.44. The molecule has 7 nitrogen and oxygen atoms in total. The first-order valence-electron chi connectivity index (χ1n) is 7.09. The zero-order valence-corrected chi connectivity index (χ0v) is 13.5. The number of rotatable bonds is 6. The number of carbonyl (C=O) groups is 2. The van der Waals surface area contributed by atoms with Crippen molar-refractivity contribution < 1.29 is 23.1 Å². The Balaban J connectivity index is 2.67. The molecule has 0 aliphatic carbocycles. The number of nitrogens with one attached hydrogen (secondary N) is 1. The maximum absolute atomic E-state index is 12.2. The molecule has 0 bridgehead atoms. The summed E-state index contributed by atoms with van der Waals surface area (Å²) in [6.45, 7) is 4.30. The van der Waals surface area contributed by atoms with E-state index in [0.29, 0.717) is 25.8 Å². The van der Waals surface area contributed by atoms with Crippen LogP contribution < -0.4 is 5.32 Å². The van der Waals surface area contributed by atoms with Gasteiger partial charge in [0.05, 0.1) is 12.2 Å². The van der Waals surface area contributed by atoms with Crippen LogP contribution in [0.5, 0.6) is 0 Å². The monoisotopic (exact) mass is 320 g/mol. The van der Waals surface area contributed by atoms with Gasteiger partial charge < -0.3 is 10.4 Å². The fourth-order valence-corrected chi connectivity index (χ4v) is 3.35. The van der Waals surface area contributed by atoms with Crippen molar-refractivity contribution in [1.29, 1.82) is 0 Å². The molecule has 122 valence electrons. The molecule has 0 spiro atoms. The van der Waals surface area contributed by atoms with Crippen LogP contribution in [-0.4, -0.2) is 55.1 Å². The smallest absolute Gasteiger partial charge is 0.326 e. The molecule has 21 heavy (non-hydrogen) atoms. The molecule has 0 saturated carbocycles. The van der Waals surface area contributed by atoms with Gasteiger partial charge in [-0.25, -0.2) is 17.5 Å². The quantitative estimate of drug-likeness (QED) is 0.731. The summed E-state index contributed by atoms with van der Waals surface area (Å²) in [4.78, 5) is 23.3. The van der Waals surface area contributed by atoms with E-state index in [4.69, 9.17) is 5.11 Å². The Morgan fingerprint density at radius 2 is 2.00 bits per heavy atom. The summed E-state index contributed by atoms with van der Waals surface area (Å²) in [5.74, 6) is -1.78. The Bertz CT molecular complexity index is 489. The lowest BCUT2D eigenvalue weighted by Crippen LogP contribution is -2.49. The van der Waals surface area contributed by atoms with E-state index in [-0.39, 0.29) is 18.4 Å². The molecule has 0 radical (unpaired) electrons. The minimum Gasteiger partial charge on any atom is -0.480 e. The second-order valence-electron chi connectivity index (χ2n) is 5.99. The molecule has 0 aromatic carbocycles. The summed E-state index contributed by atoms with van der Waals surface area (Å²) >= 11 is 0. The molecule has 1 aliphatic rings. The summed E-state index contributed by atoms with van der Waals surface area (Å²) in [7, 11) is -3.32.